The summed E-state index contributed by atoms with van der Waals surface area (Å²) < 4.78 is 11.0. The molecule has 5 nitrogen and oxygen atoms in total. The van der Waals surface area contributed by atoms with Crippen molar-refractivity contribution in [3.8, 4) is 5.75 Å². The topological polar surface area (TPSA) is 74.4 Å². The summed E-state index contributed by atoms with van der Waals surface area (Å²) in [5.74, 6) is 0.0787. The van der Waals surface area contributed by atoms with Crippen LogP contribution < -0.4 is 10.5 Å². The van der Waals surface area contributed by atoms with E-state index in [1.165, 1.54) is 37.3 Å². The summed E-state index contributed by atoms with van der Waals surface area (Å²) in [6.45, 7) is 1.95. The standard InChI is InChI=1S/C13H14N2O3S2/c1-7-4-9(17-2)8(12(16)18-3)5-10(7)19-11-6-15-13(14)20-11/h4-6H,1-3H3,(H2,14,15). The van der Waals surface area contributed by atoms with E-state index in [0.29, 0.717) is 16.4 Å². The Morgan fingerprint density at radius 2 is 2.15 bits per heavy atom. The number of esters is 1. The maximum absolute atomic E-state index is 11.8. The van der Waals surface area contributed by atoms with Gasteiger partial charge in [-0.2, -0.15) is 0 Å². The SMILES string of the molecule is COC(=O)c1cc(Sc2cnc(N)s2)c(C)cc1OC. The van der Waals surface area contributed by atoms with Gasteiger partial charge in [0.2, 0.25) is 0 Å². The van der Waals surface area contributed by atoms with Crippen molar-refractivity contribution in [2.75, 3.05) is 20.0 Å². The highest BCUT2D eigenvalue weighted by atomic mass is 32.2. The molecule has 0 aliphatic rings. The van der Waals surface area contributed by atoms with Crippen molar-refractivity contribution >= 4 is 34.2 Å². The van der Waals surface area contributed by atoms with Gasteiger partial charge in [-0.25, -0.2) is 9.78 Å². The number of anilines is 1. The molecule has 0 unspecified atom stereocenters. The van der Waals surface area contributed by atoms with Crippen LogP contribution in [0.15, 0.2) is 27.4 Å². The molecule has 2 rings (SSSR count). The molecule has 0 saturated heterocycles. The number of benzene rings is 1. The summed E-state index contributed by atoms with van der Waals surface area (Å²) in [7, 11) is 2.87. The van der Waals surface area contributed by atoms with Gasteiger partial charge in [-0.05, 0) is 24.6 Å². The molecular weight excluding hydrogens is 296 g/mol. The first kappa shape index (κ1) is 14.7. The predicted molar refractivity (Wildman–Crippen MR) is 79.7 cm³/mol. The molecule has 0 fully saturated rings. The molecule has 20 heavy (non-hydrogen) atoms. The molecule has 7 heteroatoms. The number of nitrogen functional groups attached to an aromatic ring is 1. The Bertz CT molecular complexity index is 641. The van der Waals surface area contributed by atoms with Gasteiger partial charge in [0.05, 0.1) is 24.6 Å². The molecule has 0 atom stereocenters. The molecule has 0 aliphatic heterocycles. The van der Waals surface area contributed by atoms with Gasteiger partial charge in [0.1, 0.15) is 11.3 Å². The van der Waals surface area contributed by atoms with Crippen LogP contribution in [0.3, 0.4) is 0 Å². The van der Waals surface area contributed by atoms with Gasteiger partial charge in [-0.3, -0.25) is 0 Å². The molecule has 0 bridgehead atoms. The van der Waals surface area contributed by atoms with Crippen molar-refractivity contribution in [3.63, 3.8) is 0 Å². The number of rotatable bonds is 4. The Hall–Kier alpha value is -1.73. The number of ether oxygens (including phenoxy) is 2. The maximum Gasteiger partial charge on any atom is 0.341 e. The number of carbonyl (C=O) groups is 1. The van der Waals surface area contributed by atoms with Crippen LogP contribution in [0.5, 0.6) is 5.75 Å². The lowest BCUT2D eigenvalue weighted by atomic mass is 10.1. The number of hydrogen-bond donors (Lipinski definition) is 1. The number of aryl methyl sites for hydroxylation is 1. The van der Waals surface area contributed by atoms with Crippen molar-refractivity contribution in [3.05, 3.63) is 29.5 Å². The number of aromatic nitrogens is 1. The van der Waals surface area contributed by atoms with Gasteiger partial charge in [-0.15, -0.1) is 0 Å². The van der Waals surface area contributed by atoms with E-state index in [0.717, 1.165) is 14.7 Å². The highest BCUT2D eigenvalue weighted by Crippen LogP contribution is 2.37. The van der Waals surface area contributed by atoms with E-state index >= 15 is 0 Å². The number of thiazole rings is 1. The van der Waals surface area contributed by atoms with E-state index in [1.54, 1.807) is 12.3 Å². The second-order valence-electron chi connectivity index (χ2n) is 3.93. The molecule has 1 aromatic carbocycles. The lowest BCUT2D eigenvalue weighted by Gasteiger charge is -2.11. The summed E-state index contributed by atoms with van der Waals surface area (Å²) in [5.41, 5.74) is 7.02. The summed E-state index contributed by atoms with van der Waals surface area (Å²) in [6, 6.07) is 3.58. The summed E-state index contributed by atoms with van der Waals surface area (Å²) in [6.07, 6.45) is 1.71. The first-order chi connectivity index (χ1) is 9.55. The number of nitrogens with two attached hydrogens (primary N) is 1. The number of nitrogens with zero attached hydrogens (tertiary/aromatic N) is 1. The lowest BCUT2D eigenvalue weighted by Crippen LogP contribution is -2.05. The minimum Gasteiger partial charge on any atom is -0.496 e. The zero-order valence-corrected chi connectivity index (χ0v) is 12.9. The van der Waals surface area contributed by atoms with Crippen molar-refractivity contribution in [2.24, 2.45) is 0 Å². The van der Waals surface area contributed by atoms with Crippen LogP contribution in [-0.2, 0) is 4.74 Å². The van der Waals surface area contributed by atoms with Crippen molar-refractivity contribution in [1.29, 1.82) is 0 Å². The highest BCUT2D eigenvalue weighted by molar-refractivity contribution is 8.01. The zero-order chi connectivity index (χ0) is 14.7. The fraction of sp³-hybridized carbons (Fsp3) is 0.231. The van der Waals surface area contributed by atoms with Crippen LogP contribution in [-0.4, -0.2) is 25.2 Å². The van der Waals surface area contributed by atoms with E-state index in [2.05, 4.69) is 4.98 Å². The third-order valence-electron chi connectivity index (χ3n) is 2.62. The van der Waals surface area contributed by atoms with Crippen LogP contribution >= 0.6 is 23.1 Å². The van der Waals surface area contributed by atoms with E-state index < -0.39 is 5.97 Å². The molecule has 0 amide bonds. The molecule has 1 aromatic heterocycles. The van der Waals surface area contributed by atoms with Gasteiger partial charge < -0.3 is 15.2 Å². The molecule has 2 N–H and O–H groups in total. The Morgan fingerprint density at radius 3 is 2.70 bits per heavy atom. The van der Waals surface area contributed by atoms with Gasteiger partial charge in [0.25, 0.3) is 0 Å². The molecule has 0 saturated carbocycles. The molecule has 1 heterocycles. The molecule has 0 spiro atoms. The third kappa shape index (κ3) is 3.05. The van der Waals surface area contributed by atoms with Gasteiger partial charge in [0, 0.05) is 4.90 Å². The first-order valence-electron chi connectivity index (χ1n) is 5.71. The van der Waals surface area contributed by atoms with Crippen LogP contribution in [0.25, 0.3) is 0 Å². The second kappa shape index (κ2) is 6.15. The maximum atomic E-state index is 11.8. The molecule has 106 valence electrons. The molecule has 0 radical (unpaired) electrons. The molecular formula is C13H14N2O3S2. The minimum absolute atomic E-state index is 0.403. The molecule has 2 aromatic rings. The van der Waals surface area contributed by atoms with Crippen molar-refractivity contribution < 1.29 is 14.3 Å². The quantitative estimate of drug-likeness (QED) is 0.875. The number of carbonyl (C=O) groups excluding carboxylic acids is 1. The zero-order valence-electron chi connectivity index (χ0n) is 11.3. The minimum atomic E-state index is -0.424. The Kier molecular flexibility index (Phi) is 4.51. The average Bonchev–Trinajstić information content (AvgIpc) is 2.85. The van der Waals surface area contributed by atoms with Crippen LogP contribution in [0.2, 0.25) is 0 Å². The van der Waals surface area contributed by atoms with Crippen LogP contribution in [0.4, 0.5) is 5.13 Å². The van der Waals surface area contributed by atoms with Crippen molar-refractivity contribution in [2.45, 2.75) is 16.0 Å². The Balaban J connectivity index is 2.40. The van der Waals surface area contributed by atoms with E-state index in [-0.39, 0.29) is 0 Å². The fourth-order valence-corrected chi connectivity index (χ4v) is 3.47. The smallest absolute Gasteiger partial charge is 0.341 e. The molecule has 0 aliphatic carbocycles. The van der Waals surface area contributed by atoms with E-state index in [9.17, 15) is 4.79 Å². The number of hydrogen-bond acceptors (Lipinski definition) is 7. The highest BCUT2D eigenvalue weighted by Gasteiger charge is 2.16. The Morgan fingerprint density at radius 1 is 1.40 bits per heavy atom. The monoisotopic (exact) mass is 310 g/mol. The van der Waals surface area contributed by atoms with Crippen LogP contribution in [0, 0.1) is 6.92 Å². The fourth-order valence-electron chi connectivity index (χ4n) is 1.64. The van der Waals surface area contributed by atoms with Gasteiger partial charge >= 0.3 is 5.97 Å². The summed E-state index contributed by atoms with van der Waals surface area (Å²) in [5, 5.41) is 0.520. The largest absolute Gasteiger partial charge is 0.496 e. The lowest BCUT2D eigenvalue weighted by molar-refractivity contribution is 0.0597. The first-order valence-corrected chi connectivity index (χ1v) is 7.34. The number of methoxy groups -OCH3 is 2. The summed E-state index contributed by atoms with van der Waals surface area (Å²) in [4.78, 5) is 16.7. The average molecular weight is 310 g/mol. The second-order valence-corrected chi connectivity index (χ2v) is 6.33. The van der Waals surface area contributed by atoms with Crippen molar-refractivity contribution in [1.82, 2.24) is 4.98 Å². The normalized spacial score (nSPS) is 10.3. The van der Waals surface area contributed by atoms with Gasteiger partial charge in [0.15, 0.2) is 5.13 Å². The van der Waals surface area contributed by atoms with E-state index in [4.69, 9.17) is 15.2 Å². The third-order valence-corrected chi connectivity index (χ3v) is 4.70. The predicted octanol–water partition coefficient (Wildman–Crippen LogP) is 2.98. The van der Waals surface area contributed by atoms with Crippen LogP contribution in [0.1, 0.15) is 15.9 Å². The Labute approximate surface area is 125 Å². The van der Waals surface area contributed by atoms with E-state index in [1.807, 2.05) is 13.0 Å². The summed E-state index contributed by atoms with van der Waals surface area (Å²) >= 11 is 2.91. The van der Waals surface area contributed by atoms with Gasteiger partial charge in [-0.1, -0.05) is 23.1 Å².